The summed E-state index contributed by atoms with van der Waals surface area (Å²) < 4.78 is 23.5. The number of nitrogens with zero attached hydrogens (tertiary/aromatic N) is 1. The van der Waals surface area contributed by atoms with E-state index in [-0.39, 0.29) is 17.9 Å². The van der Waals surface area contributed by atoms with Gasteiger partial charge in [-0.1, -0.05) is 12.5 Å². The Morgan fingerprint density at radius 2 is 2.00 bits per heavy atom. The smallest absolute Gasteiger partial charge is 0.276 e. The first-order valence-corrected chi connectivity index (χ1v) is 7.93. The molecule has 1 saturated heterocycles. The summed E-state index contributed by atoms with van der Waals surface area (Å²) in [5.41, 5.74) is 0.978. The second kappa shape index (κ2) is 6.49. The van der Waals surface area contributed by atoms with E-state index in [1.54, 1.807) is 0 Å². The zero-order valence-electron chi connectivity index (χ0n) is 11.6. The van der Waals surface area contributed by atoms with Gasteiger partial charge in [-0.05, 0) is 26.2 Å². The third-order valence-electron chi connectivity index (χ3n) is 3.26. The zero-order chi connectivity index (χ0) is 14.6. The minimum atomic E-state index is -3.60. The van der Waals surface area contributed by atoms with Crippen LogP contribution >= 0.6 is 0 Å². The number of piperidine rings is 1. The molecule has 0 saturated carbocycles. The van der Waals surface area contributed by atoms with Crippen molar-refractivity contribution in [1.29, 1.82) is 0 Å². The zero-order valence-corrected chi connectivity index (χ0v) is 12.4. The van der Waals surface area contributed by atoms with Gasteiger partial charge in [0, 0.05) is 25.0 Å². The highest BCUT2D eigenvalue weighted by molar-refractivity contribution is 7.86. The molecular weight excluding hydrogens is 266 g/mol. The molecule has 1 fully saturated rings. The van der Waals surface area contributed by atoms with Gasteiger partial charge in [0.15, 0.2) is 0 Å². The quantitative estimate of drug-likeness (QED) is 0.716. The molecule has 1 aliphatic rings. The molecule has 0 radical (unpaired) electrons. The molecule has 1 amide bonds. The van der Waals surface area contributed by atoms with Crippen LogP contribution in [-0.2, 0) is 15.0 Å². The molecule has 3 N–H and O–H groups in total. The van der Waals surface area contributed by atoms with E-state index in [1.165, 1.54) is 4.31 Å². The minimum Gasteiger partial charge on any atom is -0.353 e. The number of amides is 1. The second-order valence-corrected chi connectivity index (χ2v) is 6.84. The van der Waals surface area contributed by atoms with Crippen LogP contribution in [0.2, 0.25) is 0 Å². The summed E-state index contributed by atoms with van der Waals surface area (Å²) in [5, 5.41) is 8.01. The van der Waals surface area contributed by atoms with Crippen molar-refractivity contribution in [3.05, 3.63) is 12.2 Å². The van der Waals surface area contributed by atoms with E-state index in [0.29, 0.717) is 32.4 Å². The number of carbonyl (C=O) groups is 1. The number of hydrogen-bond donors (Lipinski definition) is 2. The molecule has 0 aliphatic carbocycles. The lowest BCUT2D eigenvalue weighted by Crippen LogP contribution is -2.49. The van der Waals surface area contributed by atoms with Crippen molar-refractivity contribution in [2.75, 3.05) is 13.1 Å². The summed E-state index contributed by atoms with van der Waals surface area (Å²) in [6.07, 6.45) is 1.87. The maximum absolute atomic E-state index is 11.9. The molecular formula is C12H23N3O3S. The van der Waals surface area contributed by atoms with Gasteiger partial charge in [0.1, 0.15) is 0 Å². The fourth-order valence-corrected chi connectivity index (χ4v) is 2.93. The van der Waals surface area contributed by atoms with Crippen molar-refractivity contribution >= 4 is 16.1 Å². The van der Waals surface area contributed by atoms with E-state index < -0.39 is 10.2 Å². The Morgan fingerprint density at radius 1 is 1.47 bits per heavy atom. The average molecular weight is 289 g/mol. The van der Waals surface area contributed by atoms with Gasteiger partial charge in [0.05, 0.1) is 0 Å². The van der Waals surface area contributed by atoms with E-state index in [4.69, 9.17) is 5.14 Å². The van der Waals surface area contributed by atoms with Crippen LogP contribution in [0.5, 0.6) is 0 Å². The molecule has 19 heavy (non-hydrogen) atoms. The predicted octanol–water partition coefficient (Wildman–Crippen LogP) is 0.373. The molecule has 7 heteroatoms. The van der Waals surface area contributed by atoms with Crippen molar-refractivity contribution in [2.24, 2.45) is 11.1 Å². The molecule has 0 bridgehead atoms. The van der Waals surface area contributed by atoms with Crippen molar-refractivity contribution in [3.63, 3.8) is 0 Å². The maximum atomic E-state index is 11.9. The van der Waals surface area contributed by atoms with Gasteiger partial charge < -0.3 is 5.32 Å². The predicted molar refractivity (Wildman–Crippen MR) is 74.4 cm³/mol. The molecule has 0 aromatic rings. The van der Waals surface area contributed by atoms with Gasteiger partial charge in [0.2, 0.25) is 5.91 Å². The summed E-state index contributed by atoms with van der Waals surface area (Å²) in [6.45, 7) is 8.28. The standard InChI is InChI=1S/C12H23N3O3S/c1-9(2)8-10(3)12(16)14-11-4-6-15(7-5-11)19(13,17)18/h10-11H,1,4-8H2,2-3H3,(H,14,16)(H2,13,17,18). The third kappa shape index (κ3) is 5.30. The van der Waals surface area contributed by atoms with Crippen LogP contribution in [0.1, 0.15) is 33.1 Å². The van der Waals surface area contributed by atoms with Gasteiger partial charge >= 0.3 is 0 Å². The van der Waals surface area contributed by atoms with E-state index in [0.717, 1.165) is 5.57 Å². The fourth-order valence-electron chi connectivity index (χ4n) is 2.21. The highest BCUT2D eigenvalue weighted by Gasteiger charge is 2.27. The first-order valence-electron chi connectivity index (χ1n) is 6.42. The van der Waals surface area contributed by atoms with Crippen LogP contribution in [0.4, 0.5) is 0 Å². The SMILES string of the molecule is C=C(C)CC(C)C(=O)NC1CCN(S(N)(=O)=O)CC1. The summed E-state index contributed by atoms with van der Waals surface area (Å²) in [5.74, 6) is -0.106. The molecule has 1 atom stereocenters. The Bertz CT molecular complexity index is 439. The van der Waals surface area contributed by atoms with Crippen LogP contribution < -0.4 is 10.5 Å². The molecule has 1 unspecified atom stereocenters. The van der Waals surface area contributed by atoms with E-state index in [9.17, 15) is 13.2 Å². The Morgan fingerprint density at radius 3 is 2.42 bits per heavy atom. The van der Waals surface area contributed by atoms with Crippen molar-refractivity contribution < 1.29 is 13.2 Å². The van der Waals surface area contributed by atoms with Crippen LogP contribution in [0, 0.1) is 5.92 Å². The van der Waals surface area contributed by atoms with Gasteiger partial charge in [0.25, 0.3) is 10.2 Å². The first-order chi connectivity index (χ1) is 8.70. The molecule has 1 aliphatic heterocycles. The Hall–Kier alpha value is -0.920. The van der Waals surface area contributed by atoms with Gasteiger partial charge in [-0.15, -0.1) is 6.58 Å². The second-order valence-electron chi connectivity index (χ2n) is 5.29. The van der Waals surface area contributed by atoms with Gasteiger partial charge in [-0.3, -0.25) is 4.79 Å². The largest absolute Gasteiger partial charge is 0.353 e. The molecule has 6 nitrogen and oxygen atoms in total. The lowest BCUT2D eigenvalue weighted by atomic mass is 10.0. The van der Waals surface area contributed by atoms with E-state index in [2.05, 4.69) is 11.9 Å². The topological polar surface area (TPSA) is 92.5 Å². The lowest BCUT2D eigenvalue weighted by Gasteiger charge is -2.30. The third-order valence-corrected chi connectivity index (χ3v) is 4.35. The summed E-state index contributed by atoms with van der Waals surface area (Å²) in [6, 6.07) is 0.0260. The number of rotatable bonds is 5. The van der Waals surface area contributed by atoms with E-state index in [1.807, 2.05) is 13.8 Å². The van der Waals surface area contributed by atoms with Gasteiger partial charge in [-0.25, -0.2) is 5.14 Å². The number of nitrogens with one attached hydrogen (secondary N) is 1. The fraction of sp³-hybridized carbons (Fsp3) is 0.750. The molecule has 110 valence electrons. The molecule has 0 spiro atoms. The highest BCUT2D eigenvalue weighted by atomic mass is 32.2. The van der Waals surface area contributed by atoms with Crippen LogP contribution in [0.25, 0.3) is 0 Å². The van der Waals surface area contributed by atoms with E-state index >= 15 is 0 Å². The Kier molecular flexibility index (Phi) is 5.51. The average Bonchev–Trinajstić information content (AvgIpc) is 2.27. The number of hydrogen-bond acceptors (Lipinski definition) is 3. The number of nitrogens with two attached hydrogens (primary N) is 1. The number of carbonyl (C=O) groups excluding carboxylic acids is 1. The minimum absolute atomic E-state index is 0.00273. The van der Waals surface area contributed by atoms with Crippen molar-refractivity contribution in [3.8, 4) is 0 Å². The van der Waals surface area contributed by atoms with Gasteiger partial charge in [-0.2, -0.15) is 12.7 Å². The Labute approximate surface area is 115 Å². The summed E-state index contributed by atoms with van der Waals surface area (Å²) in [7, 11) is -3.60. The van der Waals surface area contributed by atoms with Crippen LogP contribution in [0.15, 0.2) is 12.2 Å². The first kappa shape index (κ1) is 16.1. The highest BCUT2D eigenvalue weighted by Crippen LogP contribution is 2.14. The Balaban J connectivity index is 2.41. The van der Waals surface area contributed by atoms with Crippen LogP contribution in [0.3, 0.4) is 0 Å². The molecule has 1 heterocycles. The molecule has 0 aromatic carbocycles. The summed E-state index contributed by atoms with van der Waals surface area (Å²) in [4.78, 5) is 11.9. The lowest BCUT2D eigenvalue weighted by molar-refractivity contribution is -0.125. The molecule has 0 aromatic heterocycles. The van der Waals surface area contributed by atoms with Crippen molar-refractivity contribution in [1.82, 2.24) is 9.62 Å². The normalized spacial score (nSPS) is 19.9. The maximum Gasteiger partial charge on any atom is 0.276 e. The van der Waals surface area contributed by atoms with Crippen LogP contribution in [-0.4, -0.2) is 37.8 Å². The van der Waals surface area contributed by atoms with Crippen molar-refractivity contribution in [2.45, 2.75) is 39.2 Å². The summed E-state index contributed by atoms with van der Waals surface area (Å²) >= 11 is 0. The molecule has 1 rings (SSSR count). The monoisotopic (exact) mass is 289 g/mol. The number of allylic oxidation sites excluding steroid dienone is 1.